The third-order valence-corrected chi connectivity index (χ3v) is 4.20. The van der Waals surface area contributed by atoms with Crippen LogP contribution in [-0.4, -0.2) is 27.6 Å². The van der Waals surface area contributed by atoms with Crippen molar-refractivity contribution in [1.82, 2.24) is 15.1 Å². The van der Waals surface area contributed by atoms with Crippen molar-refractivity contribution in [3.8, 4) is 11.5 Å². The molecule has 2 N–H and O–H groups in total. The minimum atomic E-state index is 0.242. The zero-order valence-electron chi connectivity index (χ0n) is 12.6. The molecule has 24 heavy (non-hydrogen) atoms. The Morgan fingerprint density at radius 1 is 1.04 bits per heavy atom. The van der Waals surface area contributed by atoms with Crippen molar-refractivity contribution in [1.29, 1.82) is 0 Å². The predicted molar refractivity (Wildman–Crippen MR) is 87.3 cm³/mol. The molecule has 0 bridgehead atoms. The zero-order valence-corrected chi connectivity index (χ0v) is 12.6. The standard InChI is InChI=1S/C17H13N5O2/c18-12-3-1-10(2-4-12)17-14-7-16-15(23-9-24-16)6-11(14)5-13-8-19-21-22(13)20-17/h1-4,6-8H,5,9,18H2. The van der Waals surface area contributed by atoms with Crippen molar-refractivity contribution in [3.63, 3.8) is 0 Å². The number of benzene rings is 2. The summed E-state index contributed by atoms with van der Waals surface area (Å²) in [6, 6.07) is 11.6. The van der Waals surface area contributed by atoms with Gasteiger partial charge >= 0.3 is 0 Å². The van der Waals surface area contributed by atoms with Crippen molar-refractivity contribution < 1.29 is 9.47 Å². The van der Waals surface area contributed by atoms with Gasteiger partial charge in [-0.05, 0) is 35.0 Å². The highest BCUT2D eigenvalue weighted by Gasteiger charge is 2.24. The Balaban J connectivity index is 1.76. The molecule has 7 heteroatoms. The Morgan fingerprint density at radius 2 is 1.83 bits per heavy atom. The normalized spacial score (nSPS) is 14.6. The van der Waals surface area contributed by atoms with Gasteiger partial charge in [0.15, 0.2) is 11.5 Å². The van der Waals surface area contributed by atoms with Crippen LogP contribution in [0.3, 0.4) is 0 Å². The maximum atomic E-state index is 5.81. The molecule has 2 aliphatic heterocycles. The van der Waals surface area contributed by atoms with Gasteiger partial charge in [0.25, 0.3) is 0 Å². The monoisotopic (exact) mass is 319 g/mol. The van der Waals surface area contributed by atoms with E-state index in [0.29, 0.717) is 12.1 Å². The number of fused-ring (bicyclic) bond motifs is 3. The first-order valence-corrected chi connectivity index (χ1v) is 7.55. The molecule has 2 aliphatic rings. The van der Waals surface area contributed by atoms with Crippen LogP contribution < -0.4 is 15.2 Å². The third kappa shape index (κ3) is 1.95. The number of anilines is 1. The molecule has 2 aromatic carbocycles. The van der Waals surface area contributed by atoms with Crippen LogP contribution in [0.1, 0.15) is 22.4 Å². The summed E-state index contributed by atoms with van der Waals surface area (Å²) in [6.07, 6.45) is 2.39. The lowest BCUT2D eigenvalue weighted by molar-refractivity contribution is 0.174. The fourth-order valence-electron chi connectivity index (χ4n) is 3.00. The number of nitrogens with zero attached hydrogens (tertiary/aromatic N) is 4. The highest BCUT2D eigenvalue weighted by atomic mass is 16.7. The van der Waals surface area contributed by atoms with Gasteiger partial charge in [-0.3, -0.25) is 0 Å². The second kappa shape index (κ2) is 4.82. The number of rotatable bonds is 1. The summed E-state index contributed by atoms with van der Waals surface area (Å²) in [5, 5.41) is 12.7. The number of aromatic nitrogens is 3. The van der Waals surface area contributed by atoms with Gasteiger partial charge < -0.3 is 15.2 Å². The van der Waals surface area contributed by atoms with E-state index in [1.807, 2.05) is 36.4 Å². The van der Waals surface area contributed by atoms with Crippen molar-refractivity contribution >= 4 is 11.4 Å². The van der Waals surface area contributed by atoms with Crippen LogP contribution >= 0.6 is 0 Å². The SMILES string of the molecule is Nc1ccc(C2=Nn3nncc3Cc3cc4c(cc32)OCO4)cc1. The predicted octanol–water partition coefficient (Wildman–Crippen LogP) is 1.79. The highest BCUT2D eigenvalue weighted by molar-refractivity contribution is 6.14. The van der Waals surface area contributed by atoms with E-state index in [2.05, 4.69) is 15.4 Å². The van der Waals surface area contributed by atoms with Gasteiger partial charge in [-0.25, -0.2) is 0 Å². The summed E-state index contributed by atoms with van der Waals surface area (Å²) >= 11 is 0. The quantitative estimate of drug-likeness (QED) is 0.540. The molecule has 0 amide bonds. The minimum absolute atomic E-state index is 0.242. The van der Waals surface area contributed by atoms with E-state index in [0.717, 1.165) is 39.6 Å². The third-order valence-electron chi connectivity index (χ3n) is 4.20. The van der Waals surface area contributed by atoms with Crippen LogP contribution in [0.5, 0.6) is 11.5 Å². The van der Waals surface area contributed by atoms with Gasteiger partial charge in [-0.1, -0.05) is 12.1 Å². The van der Waals surface area contributed by atoms with E-state index < -0.39 is 0 Å². The Hall–Kier alpha value is -3.35. The summed E-state index contributed by atoms with van der Waals surface area (Å²) in [6.45, 7) is 0.242. The van der Waals surface area contributed by atoms with E-state index in [9.17, 15) is 0 Å². The maximum absolute atomic E-state index is 5.81. The zero-order chi connectivity index (χ0) is 16.1. The van der Waals surface area contributed by atoms with Crippen LogP contribution in [0.25, 0.3) is 0 Å². The number of hydrogen-bond donors (Lipinski definition) is 1. The summed E-state index contributed by atoms with van der Waals surface area (Å²) in [7, 11) is 0. The number of nitrogens with two attached hydrogens (primary N) is 1. The second-order valence-corrected chi connectivity index (χ2v) is 5.72. The average Bonchev–Trinajstić information content (AvgIpc) is 3.19. The topological polar surface area (TPSA) is 87.6 Å². The second-order valence-electron chi connectivity index (χ2n) is 5.72. The lowest BCUT2D eigenvalue weighted by Crippen LogP contribution is -2.08. The highest BCUT2D eigenvalue weighted by Crippen LogP contribution is 2.37. The molecular formula is C17H13N5O2. The molecule has 0 atom stereocenters. The Kier molecular flexibility index (Phi) is 2.64. The first-order valence-electron chi connectivity index (χ1n) is 7.55. The molecule has 118 valence electrons. The Labute approximate surface area is 137 Å². The smallest absolute Gasteiger partial charge is 0.231 e. The van der Waals surface area contributed by atoms with E-state index in [4.69, 9.17) is 15.2 Å². The molecule has 1 aromatic heterocycles. The Morgan fingerprint density at radius 3 is 2.67 bits per heavy atom. The summed E-state index contributed by atoms with van der Waals surface area (Å²) < 4.78 is 11.1. The van der Waals surface area contributed by atoms with Gasteiger partial charge in [-0.2, -0.15) is 0 Å². The first-order chi connectivity index (χ1) is 11.8. The first kappa shape index (κ1) is 13.1. The molecule has 0 radical (unpaired) electrons. The van der Waals surface area contributed by atoms with Crippen molar-refractivity contribution in [2.45, 2.75) is 6.42 Å². The van der Waals surface area contributed by atoms with E-state index in [1.54, 1.807) is 11.0 Å². The van der Waals surface area contributed by atoms with E-state index >= 15 is 0 Å². The van der Waals surface area contributed by atoms with Gasteiger partial charge in [-0.15, -0.1) is 15.0 Å². The van der Waals surface area contributed by atoms with E-state index in [1.165, 1.54) is 0 Å². The molecule has 3 heterocycles. The molecule has 0 saturated heterocycles. The minimum Gasteiger partial charge on any atom is -0.454 e. The molecular weight excluding hydrogens is 306 g/mol. The van der Waals surface area contributed by atoms with Crippen molar-refractivity contribution in [2.75, 3.05) is 12.5 Å². The summed E-state index contributed by atoms with van der Waals surface area (Å²) in [5.74, 6) is 1.49. The fourth-order valence-corrected chi connectivity index (χ4v) is 3.00. The molecule has 0 saturated carbocycles. The molecule has 0 aliphatic carbocycles. The van der Waals surface area contributed by atoms with Crippen molar-refractivity contribution in [3.05, 3.63) is 65.0 Å². The lowest BCUT2D eigenvalue weighted by Gasteiger charge is -2.11. The molecule has 0 fully saturated rings. The van der Waals surface area contributed by atoms with Gasteiger partial charge in [0, 0.05) is 23.2 Å². The van der Waals surface area contributed by atoms with Crippen molar-refractivity contribution in [2.24, 2.45) is 5.10 Å². The van der Waals surface area contributed by atoms with Crippen LogP contribution in [0.15, 0.2) is 47.7 Å². The largest absolute Gasteiger partial charge is 0.454 e. The number of ether oxygens (including phenoxy) is 2. The molecule has 3 aromatic rings. The Bertz CT molecular complexity index is 975. The van der Waals surface area contributed by atoms with E-state index in [-0.39, 0.29) is 6.79 Å². The van der Waals surface area contributed by atoms with Gasteiger partial charge in [0.05, 0.1) is 11.9 Å². The van der Waals surface area contributed by atoms with Crippen LogP contribution in [0.2, 0.25) is 0 Å². The summed E-state index contributed by atoms with van der Waals surface area (Å²) in [4.78, 5) is 1.57. The fraction of sp³-hybridized carbons (Fsp3) is 0.118. The lowest BCUT2D eigenvalue weighted by atomic mass is 9.95. The summed E-state index contributed by atoms with van der Waals surface area (Å²) in [5.41, 5.74) is 11.3. The molecule has 7 nitrogen and oxygen atoms in total. The number of nitrogen functional groups attached to an aromatic ring is 1. The number of hydrogen-bond acceptors (Lipinski definition) is 6. The van der Waals surface area contributed by atoms with Crippen LogP contribution in [0, 0.1) is 0 Å². The molecule has 0 unspecified atom stereocenters. The van der Waals surface area contributed by atoms with Crippen LogP contribution in [0.4, 0.5) is 5.69 Å². The average molecular weight is 319 g/mol. The van der Waals surface area contributed by atoms with Crippen LogP contribution in [-0.2, 0) is 6.42 Å². The maximum Gasteiger partial charge on any atom is 0.231 e. The molecule has 5 rings (SSSR count). The van der Waals surface area contributed by atoms with Gasteiger partial charge in [0.1, 0.15) is 5.71 Å². The molecule has 0 spiro atoms. The van der Waals surface area contributed by atoms with Gasteiger partial charge in [0.2, 0.25) is 6.79 Å².